The first-order valence-electron chi connectivity index (χ1n) is 5.61. The molecule has 1 aromatic carbocycles. The summed E-state index contributed by atoms with van der Waals surface area (Å²) in [7, 11) is 0. The first-order chi connectivity index (χ1) is 8.33. The van der Waals surface area contributed by atoms with Crippen molar-refractivity contribution in [2.45, 2.75) is 13.3 Å². The minimum atomic E-state index is 0.744. The summed E-state index contributed by atoms with van der Waals surface area (Å²) >= 11 is 1.50. The summed E-state index contributed by atoms with van der Waals surface area (Å²) in [6.07, 6.45) is 1.89. The van der Waals surface area contributed by atoms with Crippen molar-refractivity contribution >= 4 is 17.6 Å². The molecule has 0 radical (unpaired) electrons. The number of thiophene rings is 1. The second-order valence-electron chi connectivity index (χ2n) is 3.69. The number of aldehydes is 1. The molecule has 1 aromatic heterocycles. The molecule has 0 N–H and O–H groups in total. The summed E-state index contributed by atoms with van der Waals surface area (Å²) in [4.78, 5) is 12.5. The van der Waals surface area contributed by atoms with Crippen molar-refractivity contribution in [3.05, 3.63) is 41.3 Å². The van der Waals surface area contributed by atoms with Crippen LogP contribution in [-0.4, -0.2) is 12.9 Å². The Kier molecular flexibility index (Phi) is 3.94. The van der Waals surface area contributed by atoms with Gasteiger partial charge in [-0.2, -0.15) is 0 Å². The number of benzene rings is 1. The van der Waals surface area contributed by atoms with E-state index in [9.17, 15) is 4.79 Å². The van der Waals surface area contributed by atoms with Crippen molar-refractivity contribution in [3.8, 4) is 16.2 Å². The molecule has 0 amide bonds. The van der Waals surface area contributed by atoms with Crippen LogP contribution >= 0.6 is 11.3 Å². The summed E-state index contributed by atoms with van der Waals surface area (Å²) in [6.45, 7) is 2.83. The molecule has 0 aliphatic carbocycles. The summed E-state index contributed by atoms with van der Waals surface area (Å²) in [6, 6.07) is 11.8. The van der Waals surface area contributed by atoms with Crippen LogP contribution in [0.3, 0.4) is 0 Å². The second-order valence-corrected chi connectivity index (χ2v) is 4.81. The lowest BCUT2D eigenvalue weighted by molar-refractivity contribution is 0.112. The van der Waals surface area contributed by atoms with Gasteiger partial charge in [-0.3, -0.25) is 4.79 Å². The molecule has 2 rings (SSSR count). The fraction of sp³-hybridized carbons (Fsp3) is 0.214. The summed E-state index contributed by atoms with van der Waals surface area (Å²) < 4.78 is 5.52. The monoisotopic (exact) mass is 246 g/mol. The standard InChI is InChI=1S/C14H14O2S/c1-2-9-16-12-5-3-11(4-6-12)14-8-7-13(10-15)17-14/h3-8,10H,2,9H2,1H3. The number of hydrogen-bond acceptors (Lipinski definition) is 3. The highest BCUT2D eigenvalue weighted by Crippen LogP contribution is 2.28. The van der Waals surface area contributed by atoms with Gasteiger partial charge in [-0.1, -0.05) is 6.92 Å². The lowest BCUT2D eigenvalue weighted by Crippen LogP contribution is -1.94. The molecule has 88 valence electrons. The molecule has 0 saturated carbocycles. The predicted molar refractivity (Wildman–Crippen MR) is 70.9 cm³/mol. The van der Waals surface area contributed by atoms with E-state index in [-0.39, 0.29) is 0 Å². The van der Waals surface area contributed by atoms with Gasteiger partial charge in [0.1, 0.15) is 5.75 Å². The minimum Gasteiger partial charge on any atom is -0.494 e. The van der Waals surface area contributed by atoms with Crippen LogP contribution in [0.4, 0.5) is 0 Å². The normalized spacial score (nSPS) is 10.2. The molecule has 17 heavy (non-hydrogen) atoms. The highest BCUT2D eigenvalue weighted by molar-refractivity contribution is 7.17. The number of hydrogen-bond donors (Lipinski definition) is 0. The maximum atomic E-state index is 10.6. The number of carbonyl (C=O) groups excluding carboxylic acids is 1. The fourth-order valence-corrected chi connectivity index (χ4v) is 2.33. The molecule has 2 nitrogen and oxygen atoms in total. The third-order valence-electron chi connectivity index (χ3n) is 2.35. The zero-order valence-corrected chi connectivity index (χ0v) is 10.5. The van der Waals surface area contributed by atoms with E-state index in [0.29, 0.717) is 0 Å². The third-order valence-corrected chi connectivity index (χ3v) is 3.41. The van der Waals surface area contributed by atoms with Crippen LogP contribution in [0.15, 0.2) is 36.4 Å². The largest absolute Gasteiger partial charge is 0.494 e. The van der Waals surface area contributed by atoms with Crippen LogP contribution in [0, 0.1) is 0 Å². The van der Waals surface area contributed by atoms with Crippen LogP contribution in [0.25, 0.3) is 10.4 Å². The SMILES string of the molecule is CCCOc1ccc(-c2ccc(C=O)s2)cc1. The van der Waals surface area contributed by atoms with Gasteiger partial charge in [0.2, 0.25) is 0 Å². The lowest BCUT2D eigenvalue weighted by Gasteiger charge is -2.04. The van der Waals surface area contributed by atoms with Crippen molar-refractivity contribution in [2.75, 3.05) is 6.61 Å². The molecule has 0 atom stereocenters. The molecule has 0 aliphatic heterocycles. The molecule has 2 aromatic rings. The molecule has 0 unspecified atom stereocenters. The lowest BCUT2D eigenvalue weighted by atomic mass is 10.2. The maximum absolute atomic E-state index is 10.6. The molecular formula is C14H14O2S. The molecule has 0 spiro atoms. The van der Waals surface area contributed by atoms with Gasteiger partial charge in [0.05, 0.1) is 11.5 Å². The van der Waals surface area contributed by atoms with Crippen molar-refractivity contribution in [3.63, 3.8) is 0 Å². The fourth-order valence-electron chi connectivity index (χ4n) is 1.51. The summed E-state index contributed by atoms with van der Waals surface area (Å²) in [5.41, 5.74) is 1.12. The van der Waals surface area contributed by atoms with Crippen LogP contribution in [-0.2, 0) is 0 Å². The van der Waals surface area contributed by atoms with E-state index in [1.807, 2.05) is 36.4 Å². The Morgan fingerprint density at radius 2 is 1.94 bits per heavy atom. The van der Waals surface area contributed by atoms with Crippen molar-refractivity contribution in [1.29, 1.82) is 0 Å². The molecule has 0 bridgehead atoms. The molecule has 0 fully saturated rings. The van der Waals surface area contributed by atoms with Gasteiger partial charge in [0.15, 0.2) is 6.29 Å². The topological polar surface area (TPSA) is 26.3 Å². The predicted octanol–water partition coefficient (Wildman–Crippen LogP) is 4.02. The van der Waals surface area contributed by atoms with Gasteiger partial charge in [0.25, 0.3) is 0 Å². The number of ether oxygens (including phenoxy) is 1. The Hall–Kier alpha value is -1.61. The van der Waals surface area contributed by atoms with E-state index in [4.69, 9.17) is 4.74 Å². The Morgan fingerprint density at radius 1 is 1.18 bits per heavy atom. The molecular weight excluding hydrogens is 232 g/mol. The second kappa shape index (κ2) is 5.64. The van der Waals surface area contributed by atoms with Crippen LogP contribution < -0.4 is 4.74 Å². The van der Waals surface area contributed by atoms with E-state index in [2.05, 4.69) is 6.92 Å². The van der Waals surface area contributed by atoms with Crippen molar-refractivity contribution in [1.82, 2.24) is 0 Å². The van der Waals surface area contributed by atoms with E-state index >= 15 is 0 Å². The Labute approximate surface area is 105 Å². The third kappa shape index (κ3) is 2.94. The Morgan fingerprint density at radius 3 is 2.53 bits per heavy atom. The number of rotatable bonds is 5. The number of carbonyl (C=O) groups is 1. The van der Waals surface area contributed by atoms with Gasteiger partial charge < -0.3 is 4.74 Å². The average molecular weight is 246 g/mol. The van der Waals surface area contributed by atoms with E-state index in [0.717, 1.165) is 40.4 Å². The van der Waals surface area contributed by atoms with E-state index in [1.165, 1.54) is 11.3 Å². The van der Waals surface area contributed by atoms with E-state index in [1.54, 1.807) is 0 Å². The zero-order chi connectivity index (χ0) is 12.1. The minimum absolute atomic E-state index is 0.744. The van der Waals surface area contributed by atoms with Gasteiger partial charge in [0, 0.05) is 4.88 Å². The first-order valence-corrected chi connectivity index (χ1v) is 6.43. The van der Waals surface area contributed by atoms with Crippen molar-refractivity contribution < 1.29 is 9.53 Å². The molecule has 3 heteroatoms. The Bertz CT molecular complexity index is 485. The average Bonchev–Trinajstić information content (AvgIpc) is 2.86. The van der Waals surface area contributed by atoms with Crippen LogP contribution in [0.2, 0.25) is 0 Å². The Balaban J connectivity index is 2.14. The van der Waals surface area contributed by atoms with Crippen LogP contribution in [0.5, 0.6) is 5.75 Å². The van der Waals surface area contributed by atoms with Crippen molar-refractivity contribution in [2.24, 2.45) is 0 Å². The quantitative estimate of drug-likeness (QED) is 0.745. The summed E-state index contributed by atoms with van der Waals surface area (Å²) in [5.74, 6) is 0.891. The van der Waals surface area contributed by atoms with Gasteiger partial charge >= 0.3 is 0 Å². The first kappa shape index (κ1) is 11.9. The smallest absolute Gasteiger partial charge is 0.160 e. The molecule has 0 aliphatic rings. The van der Waals surface area contributed by atoms with Gasteiger partial charge in [-0.15, -0.1) is 11.3 Å². The van der Waals surface area contributed by atoms with Gasteiger partial charge in [-0.25, -0.2) is 0 Å². The highest BCUT2D eigenvalue weighted by atomic mass is 32.1. The highest BCUT2D eigenvalue weighted by Gasteiger charge is 2.02. The van der Waals surface area contributed by atoms with Crippen LogP contribution in [0.1, 0.15) is 23.0 Å². The molecule has 0 saturated heterocycles. The van der Waals surface area contributed by atoms with Gasteiger partial charge in [-0.05, 0) is 48.4 Å². The van der Waals surface area contributed by atoms with E-state index < -0.39 is 0 Å². The molecule has 1 heterocycles. The summed E-state index contributed by atoms with van der Waals surface area (Å²) in [5, 5.41) is 0. The zero-order valence-electron chi connectivity index (χ0n) is 9.68. The maximum Gasteiger partial charge on any atom is 0.160 e.